The van der Waals surface area contributed by atoms with Crippen LogP contribution < -0.4 is 5.32 Å². The van der Waals surface area contributed by atoms with Gasteiger partial charge in [0.1, 0.15) is 6.54 Å². The third kappa shape index (κ3) is 2.95. The molecular formula is C15H24N4O3. The van der Waals surface area contributed by atoms with Gasteiger partial charge in [-0.25, -0.2) is 0 Å². The highest BCUT2D eigenvalue weighted by atomic mass is 16.2. The summed E-state index contributed by atoms with van der Waals surface area (Å²) in [6.45, 7) is 4.83. The van der Waals surface area contributed by atoms with E-state index in [1.807, 2.05) is 11.8 Å². The molecule has 2 unspecified atom stereocenters. The van der Waals surface area contributed by atoms with Gasteiger partial charge in [0.05, 0.1) is 0 Å². The lowest BCUT2D eigenvalue weighted by atomic mass is 10.1. The minimum atomic E-state index is -0.545. The minimum absolute atomic E-state index is 0.0273. The van der Waals surface area contributed by atoms with Gasteiger partial charge in [0.15, 0.2) is 0 Å². The van der Waals surface area contributed by atoms with Crippen LogP contribution in [-0.4, -0.2) is 83.8 Å². The van der Waals surface area contributed by atoms with Crippen molar-refractivity contribution < 1.29 is 14.4 Å². The van der Waals surface area contributed by atoms with Gasteiger partial charge >= 0.3 is 11.8 Å². The third-order valence-electron chi connectivity index (χ3n) is 4.98. The molecule has 0 aromatic rings. The second kappa shape index (κ2) is 6.24. The Morgan fingerprint density at radius 2 is 1.73 bits per heavy atom. The van der Waals surface area contributed by atoms with Crippen molar-refractivity contribution in [2.75, 3.05) is 39.3 Å². The molecule has 2 atom stereocenters. The van der Waals surface area contributed by atoms with Crippen LogP contribution in [0.5, 0.6) is 0 Å². The molecule has 7 nitrogen and oxygen atoms in total. The highest BCUT2D eigenvalue weighted by Gasteiger charge is 2.35. The van der Waals surface area contributed by atoms with E-state index < -0.39 is 11.8 Å². The van der Waals surface area contributed by atoms with Crippen LogP contribution in [0.2, 0.25) is 0 Å². The maximum atomic E-state index is 12.5. The van der Waals surface area contributed by atoms with Crippen LogP contribution in [-0.2, 0) is 14.4 Å². The largest absolute Gasteiger partial charge is 0.340 e. The van der Waals surface area contributed by atoms with E-state index in [-0.39, 0.29) is 12.5 Å². The van der Waals surface area contributed by atoms with Gasteiger partial charge in [0.2, 0.25) is 5.91 Å². The fraction of sp³-hybridized carbons (Fsp3) is 0.800. The zero-order valence-corrected chi connectivity index (χ0v) is 13.1. The van der Waals surface area contributed by atoms with Gasteiger partial charge in [-0.15, -0.1) is 0 Å². The van der Waals surface area contributed by atoms with E-state index in [9.17, 15) is 14.4 Å². The number of likely N-dealkylation sites (tertiary alicyclic amines) is 1. The van der Waals surface area contributed by atoms with Crippen LogP contribution in [0.15, 0.2) is 0 Å². The van der Waals surface area contributed by atoms with Crippen molar-refractivity contribution in [1.29, 1.82) is 0 Å². The number of carbonyl (C=O) groups excluding carboxylic acids is 3. The molecule has 122 valence electrons. The standard InChI is InChI=1S/C15H24N4O3/c1-2-17-7-8-19(15(22)14(17)21)10-13(20)18-6-5-11-3-4-12(9-18)16-11/h11-12,16H,2-10H2,1H3. The lowest BCUT2D eigenvalue weighted by Gasteiger charge is -2.34. The van der Waals surface area contributed by atoms with Crippen molar-refractivity contribution >= 4 is 17.7 Å². The Morgan fingerprint density at radius 3 is 2.50 bits per heavy atom. The van der Waals surface area contributed by atoms with Gasteiger partial charge in [-0.3, -0.25) is 14.4 Å². The van der Waals surface area contributed by atoms with Crippen molar-refractivity contribution in [3.05, 3.63) is 0 Å². The van der Waals surface area contributed by atoms with Crippen LogP contribution in [0.1, 0.15) is 26.2 Å². The number of likely N-dealkylation sites (N-methyl/N-ethyl adjacent to an activating group) is 1. The van der Waals surface area contributed by atoms with Gasteiger partial charge in [-0.05, 0) is 26.2 Å². The van der Waals surface area contributed by atoms with Crippen LogP contribution in [0.4, 0.5) is 0 Å². The number of nitrogens with one attached hydrogen (secondary N) is 1. The Bertz CT molecular complexity index is 481. The first-order chi connectivity index (χ1) is 10.6. The molecule has 0 spiro atoms. The molecule has 3 saturated heterocycles. The normalized spacial score (nSPS) is 29.0. The quantitative estimate of drug-likeness (QED) is 0.681. The molecule has 3 fully saturated rings. The molecule has 3 rings (SSSR count). The van der Waals surface area contributed by atoms with E-state index in [1.165, 1.54) is 16.2 Å². The van der Waals surface area contributed by atoms with Crippen molar-refractivity contribution in [3.8, 4) is 0 Å². The number of fused-ring (bicyclic) bond motifs is 2. The summed E-state index contributed by atoms with van der Waals surface area (Å²) >= 11 is 0. The SMILES string of the molecule is CCN1CCN(CC(=O)N2CCC3CCC(C2)N3)C(=O)C1=O. The van der Waals surface area contributed by atoms with Crippen molar-refractivity contribution in [2.24, 2.45) is 0 Å². The summed E-state index contributed by atoms with van der Waals surface area (Å²) in [6.07, 6.45) is 3.28. The van der Waals surface area contributed by atoms with Gasteiger partial charge in [0.25, 0.3) is 0 Å². The first kappa shape index (κ1) is 15.3. The predicted molar refractivity (Wildman–Crippen MR) is 80.0 cm³/mol. The molecule has 2 bridgehead atoms. The highest BCUT2D eigenvalue weighted by molar-refractivity contribution is 6.35. The molecule has 22 heavy (non-hydrogen) atoms. The van der Waals surface area contributed by atoms with Gasteiger partial charge < -0.3 is 20.0 Å². The van der Waals surface area contributed by atoms with Crippen LogP contribution in [0, 0.1) is 0 Å². The number of amides is 3. The zero-order valence-electron chi connectivity index (χ0n) is 13.1. The van der Waals surface area contributed by atoms with E-state index in [1.54, 1.807) is 0 Å². The van der Waals surface area contributed by atoms with E-state index in [0.717, 1.165) is 19.4 Å². The number of piperazine rings is 1. The zero-order chi connectivity index (χ0) is 15.7. The van der Waals surface area contributed by atoms with Gasteiger partial charge in [0, 0.05) is 44.8 Å². The summed E-state index contributed by atoms with van der Waals surface area (Å²) in [7, 11) is 0. The second-order valence-corrected chi connectivity index (χ2v) is 6.38. The number of carbonyl (C=O) groups is 3. The first-order valence-corrected chi connectivity index (χ1v) is 8.20. The van der Waals surface area contributed by atoms with Gasteiger partial charge in [-0.1, -0.05) is 0 Å². The predicted octanol–water partition coefficient (Wildman–Crippen LogP) is -0.970. The molecule has 3 amide bonds. The molecule has 0 aromatic carbocycles. The minimum Gasteiger partial charge on any atom is -0.340 e. The monoisotopic (exact) mass is 308 g/mol. The van der Waals surface area contributed by atoms with E-state index in [4.69, 9.17) is 0 Å². The summed E-state index contributed by atoms with van der Waals surface area (Å²) in [4.78, 5) is 41.2. The fourth-order valence-electron chi connectivity index (χ4n) is 3.60. The fourth-order valence-corrected chi connectivity index (χ4v) is 3.60. The summed E-state index contributed by atoms with van der Waals surface area (Å²) < 4.78 is 0. The molecule has 0 aliphatic carbocycles. The number of hydrogen-bond donors (Lipinski definition) is 1. The number of nitrogens with zero attached hydrogens (tertiary/aromatic N) is 3. The van der Waals surface area contributed by atoms with Crippen LogP contribution >= 0.6 is 0 Å². The Labute approximate surface area is 130 Å². The summed E-state index contributed by atoms with van der Waals surface area (Å²) in [5.74, 6) is -1.07. The number of hydrogen-bond acceptors (Lipinski definition) is 4. The molecule has 0 radical (unpaired) electrons. The van der Waals surface area contributed by atoms with E-state index >= 15 is 0 Å². The van der Waals surface area contributed by atoms with Gasteiger partial charge in [-0.2, -0.15) is 0 Å². The second-order valence-electron chi connectivity index (χ2n) is 6.38. The van der Waals surface area contributed by atoms with Crippen LogP contribution in [0.25, 0.3) is 0 Å². The Balaban J connectivity index is 1.57. The maximum Gasteiger partial charge on any atom is 0.312 e. The lowest BCUT2D eigenvalue weighted by molar-refractivity contribution is -0.157. The smallest absolute Gasteiger partial charge is 0.312 e. The Morgan fingerprint density at radius 1 is 1.05 bits per heavy atom. The van der Waals surface area contributed by atoms with Crippen molar-refractivity contribution in [3.63, 3.8) is 0 Å². The number of rotatable bonds is 3. The third-order valence-corrected chi connectivity index (χ3v) is 4.98. The van der Waals surface area contributed by atoms with Crippen molar-refractivity contribution in [2.45, 2.75) is 38.3 Å². The molecule has 3 aliphatic rings. The molecule has 1 N–H and O–H groups in total. The molecule has 0 aromatic heterocycles. The van der Waals surface area contributed by atoms with E-state index in [2.05, 4.69) is 5.32 Å². The first-order valence-electron chi connectivity index (χ1n) is 8.20. The maximum absolute atomic E-state index is 12.5. The molecular weight excluding hydrogens is 284 g/mol. The molecule has 3 aliphatic heterocycles. The van der Waals surface area contributed by atoms with Crippen LogP contribution in [0.3, 0.4) is 0 Å². The topological polar surface area (TPSA) is 73.0 Å². The molecule has 0 saturated carbocycles. The summed E-state index contributed by atoms with van der Waals surface area (Å²) in [5.41, 5.74) is 0. The molecule has 3 heterocycles. The summed E-state index contributed by atoms with van der Waals surface area (Å²) in [6, 6.07) is 0.907. The lowest BCUT2D eigenvalue weighted by Crippen LogP contribution is -2.56. The Kier molecular flexibility index (Phi) is 4.33. The average Bonchev–Trinajstić information content (AvgIpc) is 2.83. The van der Waals surface area contributed by atoms with E-state index in [0.29, 0.717) is 38.3 Å². The Hall–Kier alpha value is -1.63. The van der Waals surface area contributed by atoms with Crippen molar-refractivity contribution in [1.82, 2.24) is 20.0 Å². The summed E-state index contributed by atoms with van der Waals surface area (Å²) in [5, 5.41) is 3.54. The molecule has 7 heteroatoms. The average molecular weight is 308 g/mol. The highest BCUT2D eigenvalue weighted by Crippen LogP contribution is 2.20.